The van der Waals surface area contributed by atoms with E-state index in [2.05, 4.69) is 9.71 Å². The minimum absolute atomic E-state index is 0.0365. The number of hydrogen-bond donors (Lipinski definition) is 1. The molecule has 1 aliphatic heterocycles. The predicted molar refractivity (Wildman–Crippen MR) is 89.0 cm³/mol. The number of halogens is 3. The van der Waals surface area contributed by atoms with E-state index in [1.807, 2.05) is 20.8 Å². The maximum absolute atomic E-state index is 13.4. The number of fused-ring (bicyclic) bond motifs is 1. The summed E-state index contributed by atoms with van der Waals surface area (Å²) in [6, 6.07) is 2.81. The van der Waals surface area contributed by atoms with Gasteiger partial charge in [-0.1, -0.05) is 27.6 Å². The van der Waals surface area contributed by atoms with Gasteiger partial charge in [-0.15, -0.1) is 0 Å². The van der Waals surface area contributed by atoms with Crippen LogP contribution < -0.4 is 5.32 Å². The van der Waals surface area contributed by atoms with Crippen molar-refractivity contribution in [3.8, 4) is 0 Å². The van der Waals surface area contributed by atoms with Crippen molar-refractivity contribution in [1.82, 2.24) is 0 Å². The first-order chi connectivity index (χ1) is 9.68. The van der Waals surface area contributed by atoms with Crippen molar-refractivity contribution in [3.63, 3.8) is 0 Å². The molecule has 0 fully saturated rings. The molecule has 1 aromatic rings. The molecule has 1 N–H and O–H groups in total. The number of hydrogen-bond acceptors (Lipinski definition) is 3. The fraction of sp³-hybridized carbons (Fsp3) is 0.357. The van der Waals surface area contributed by atoms with Crippen molar-refractivity contribution >= 4 is 52.5 Å². The van der Waals surface area contributed by atoms with Crippen molar-refractivity contribution in [2.24, 2.45) is 4.40 Å². The number of rotatable bonds is 2. The molecule has 3 nitrogen and oxygen atoms in total. The number of alkyl halides is 1. The maximum Gasteiger partial charge on any atom is 0.144 e. The third-order valence-electron chi connectivity index (χ3n) is 2.81. The summed E-state index contributed by atoms with van der Waals surface area (Å²) < 4.78 is 28.9. The Balaban J connectivity index is 2.30. The molecule has 0 spiro atoms. The van der Waals surface area contributed by atoms with E-state index in [1.54, 1.807) is 6.08 Å². The zero-order valence-corrected chi connectivity index (χ0v) is 14.1. The van der Waals surface area contributed by atoms with E-state index in [0.717, 1.165) is 0 Å². The van der Waals surface area contributed by atoms with Gasteiger partial charge in [-0.3, -0.25) is 0 Å². The first-order valence-corrected chi connectivity index (χ1v) is 8.18. The van der Waals surface area contributed by atoms with Crippen molar-refractivity contribution in [3.05, 3.63) is 34.1 Å². The van der Waals surface area contributed by atoms with Crippen LogP contribution in [0.25, 0.3) is 6.08 Å². The van der Waals surface area contributed by atoms with Crippen LogP contribution in [-0.2, 0) is 11.4 Å². The van der Waals surface area contributed by atoms with Crippen LogP contribution in [0.4, 0.5) is 10.1 Å². The van der Waals surface area contributed by atoms with Crippen molar-refractivity contribution in [2.45, 2.75) is 31.0 Å². The Morgan fingerprint density at radius 1 is 1.43 bits per heavy atom. The summed E-state index contributed by atoms with van der Waals surface area (Å²) in [5.41, 5.74) is 1.34. The lowest BCUT2D eigenvalue weighted by atomic mass is 10.0. The standard InChI is InChI=1S/C14H15Cl2FN2OS/c1-14(2,3)21(20)18-7-9-4-8-5-10(15)11(17)6-12(8)19-13(9)16/h4-7,13,19H,1-3H3. The van der Waals surface area contributed by atoms with Gasteiger partial charge in [0.05, 0.1) is 11.2 Å². The van der Waals surface area contributed by atoms with Gasteiger partial charge in [0.25, 0.3) is 0 Å². The molecule has 0 radical (unpaired) electrons. The smallest absolute Gasteiger partial charge is 0.144 e. The van der Waals surface area contributed by atoms with E-state index in [0.29, 0.717) is 16.8 Å². The number of nitrogens with one attached hydrogen (secondary N) is 1. The molecule has 0 aliphatic carbocycles. The molecule has 1 heterocycles. The molecule has 2 unspecified atom stereocenters. The molecule has 0 bridgehead atoms. The van der Waals surface area contributed by atoms with Gasteiger partial charge in [-0.25, -0.2) is 4.39 Å². The molecule has 1 aromatic carbocycles. The minimum atomic E-state index is -1.36. The van der Waals surface area contributed by atoms with Crippen LogP contribution >= 0.6 is 23.2 Å². The molecular weight excluding hydrogens is 334 g/mol. The molecule has 0 amide bonds. The molecule has 7 heteroatoms. The second-order valence-corrected chi connectivity index (χ2v) is 8.38. The molecule has 0 saturated carbocycles. The largest absolute Gasteiger partial charge is 0.591 e. The summed E-state index contributed by atoms with van der Waals surface area (Å²) >= 11 is 10.6. The third-order valence-corrected chi connectivity index (χ3v) is 4.81. The maximum atomic E-state index is 13.4. The lowest BCUT2D eigenvalue weighted by Gasteiger charge is -2.22. The topological polar surface area (TPSA) is 47.5 Å². The van der Waals surface area contributed by atoms with E-state index in [4.69, 9.17) is 23.2 Å². The zero-order chi connectivity index (χ0) is 15.8. The van der Waals surface area contributed by atoms with Gasteiger partial charge in [0.1, 0.15) is 27.4 Å². The lowest BCUT2D eigenvalue weighted by Crippen LogP contribution is -2.27. The SMILES string of the molecule is CC(C)(C)[S+]([O-])N=CC1=Cc2cc(Cl)c(F)cc2NC1Cl. The van der Waals surface area contributed by atoms with Gasteiger partial charge in [0.2, 0.25) is 0 Å². The van der Waals surface area contributed by atoms with Gasteiger partial charge in [0.15, 0.2) is 0 Å². The van der Waals surface area contributed by atoms with Gasteiger partial charge in [-0.05, 0) is 44.5 Å². The minimum Gasteiger partial charge on any atom is -0.591 e. The molecule has 114 valence electrons. The summed E-state index contributed by atoms with van der Waals surface area (Å²) in [6.45, 7) is 5.51. The predicted octanol–water partition coefficient (Wildman–Crippen LogP) is 4.39. The summed E-state index contributed by atoms with van der Waals surface area (Å²) in [5.74, 6) is -0.508. The monoisotopic (exact) mass is 348 g/mol. The van der Waals surface area contributed by atoms with E-state index >= 15 is 0 Å². The van der Waals surface area contributed by atoms with E-state index in [9.17, 15) is 8.94 Å². The summed E-state index contributed by atoms with van der Waals surface area (Å²) in [4.78, 5) is 0. The molecular formula is C14H15Cl2FN2OS. The Hall–Kier alpha value is -0.750. The summed E-state index contributed by atoms with van der Waals surface area (Å²) in [5, 5.41) is 2.99. The van der Waals surface area contributed by atoms with Crippen LogP contribution in [-0.4, -0.2) is 21.0 Å². The van der Waals surface area contributed by atoms with Crippen molar-refractivity contribution in [2.75, 3.05) is 5.32 Å². The number of benzene rings is 1. The second kappa shape index (κ2) is 6.16. The highest BCUT2D eigenvalue weighted by Crippen LogP contribution is 2.32. The van der Waals surface area contributed by atoms with Crippen LogP contribution in [0.15, 0.2) is 22.1 Å². The molecule has 21 heavy (non-hydrogen) atoms. The average molecular weight is 349 g/mol. The van der Waals surface area contributed by atoms with Crippen LogP contribution in [0, 0.1) is 5.82 Å². The highest BCUT2D eigenvalue weighted by Gasteiger charge is 2.27. The number of anilines is 1. The van der Waals surface area contributed by atoms with Crippen LogP contribution in [0.1, 0.15) is 26.3 Å². The summed E-state index contributed by atoms with van der Waals surface area (Å²) in [7, 11) is 0. The van der Waals surface area contributed by atoms with Crippen LogP contribution in [0.3, 0.4) is 0 Å². The highest BCUT2D eigenvalue weighted by molar-refractivity contribution is 7.91. The zero-order valence-electron chi connectivity index (χ0n) is 11.8. The molecule has 0 aromatic heterocycles. The quantitative estimate of drug-likeness (QED) is 0.373. The van der Waals surface area contributed by atoms with Gasteiger partial charge < -0.3 is 9.87 Å². The third kappa shape index (κ3) is 3.92. The second-order valence-electron chi connectivity index (χ2n) is 5.60. The normalized spacial score (nSPS) is 20.0. The van der Waals surface area contributed by atoms with E-state index in [1.165, 1.54) is 18.3 Å². The van der Waals surface area contributed by atoms with E-state index in [-0.39, 0.29) is 5.02 Å². The Labute approximate surface area is 136 Å². The molecule has 0 saturated heterocycles. The van der Waals surface area contributed by atoms with Crippen LogP contribution in [0.5, 0.6) is 0 Å². The Kier molecular flexibility index (Phi) is 4.88. The average Bonchev–Trinajstić information content (AvgIpc) is 2.37. The van der Waals surface area contributed by atoms with Crippen LogP contribution in [0.2, 0.25) is 5.02 Å². The highest BCUT2D eigenvalue weighted by atomic mass is 35.5. The lowest BCUT2D eigenvalue weighted by molar-refractivity contribution is 0.562. The Bertz CT molecular complexity index is 614. The number of nitrogens with zero attached hydrogens (tertiary/aromatic N) is 1. The van der Waals surface area contributed by atoms with E-state index < -0.39 is 27.4 Å². The Morgan fingerprint density at radius 2 is 2.10 bits per heavy atom. The molecule has 2 rings (SSSR count). The fourth-order valence-corrected chi connectivity index (χ4v) is 2.59. The van der Waals surface area contributed by atoms with Crippen molar-refractivity contribution in [1.29, 1.82) is 0 Å². The molecule has 1 aliphatic rings. The van der Waals surface area contributed by atoms with Crippen molar-refractivity contribution < 1.29 is 8.94 Å². The fourth-order valence-electron chi connectivity index (χ4n) is 1.65. The van der Waals surface area contributed by atoms with Gasteiger partial charge >= 0.3 is 0 Å². The Morgan fingerprint density at radius 3 is 2.71 bits per heavy atom. The summed E-state index contributed by atoms with van der Waals surface area (Å²) in [6.07, 6.45) is 3.23. The first-order valence-electron chi connectivity index (χ1n) is 6.26. The van der Waals surface area contributed by atoms with Gasteiger partial charge in [-0.2, -0.15) is 0 Å². The van der Waals surface area contributed by atoms with Gasteiger partial charge in [0, 0.05) is 11.3 Å². The molecule has 2 atom stereocenters. The first kappa shape index (κ1) is 16.6.